The molecule has 3 rings (SSSR count). The van der Waals surface area contributed by atoms with E-state index in [0.717, 1.165) is 6.26 Å². The molecule has 0 saturated carbocycles. The molecule has 2 aromatic heterocycles. The van der Waals surface area contributed by atoms with Crippen molar-refractivity contribution in [2.45, 2.75) is 11.8 Å². The Morgan fingerprint density at radius 2 is 1.84 bits per heavy atom. The van der Waals surface area contributed by atoms with Crippen molar-refractivity contribution in [3.63, 3.8) is 0 Å². The zero-order chi connectivity index (χ0) is 18.2. The van der Waals surface area contributed by atoms with Crippen LogP contribution >= 0.6 is 0 Å². The summed E-state index contributed by atoms with van der Waals surface area (Å²) in [4.78, 5) is 16.9. The summed E-state index contributed by atoms with van der Waals surface area (Å²) in [7, 11) is -3.35. The van der Waals surface area contributed by atoms with Gasteiger partial charge >= 0.3 is 0 Å². The van der Waals surface area contributed by atoms with Gasteiger partial charge in [-0.05, 0) is 36.8 Å². The number of nitrogens with one attached hydrogen (secondary N) is 1. The third kappa shape index (κ3) is 3.09. The molecule has 0 spiro atoms. The average Bonchev–Trinajstić information content (AvgIpc) is 2.89. The second-order valence-corrected chi connectivity index (χ2v) is 7.58. The number of nitrogens with zero attached hydrogens (tertiary/aromatic N) is 3. The number of aryl methyl sites for hydroxylation is 1. The molecular formula is C17H14N4O3S. The van der Waals surface area contributed by atoms with Gasteiger partial charge < -0.3 is 0 Å². The van der Waals surface area contributed by atoms with E-state index in [1.165, 1.54) is 23.0 Å². The van der Waals surface area contributed by atoms with E-state index in [0.29, 0.717) is 28.2 Å². The molecule has 8 heteroatoms. The molecule has 0 radical (unpaired) electrons. The van der Waals surface area contributed by atoms with Crippen molar-refractivity contribution >= 4 is 9.84 Å². The van der Waals surface area contributed by atoms with Crippen molar-refractivity contribution in [1.29, 1.82) is 5.26 Å². The number of pyridine rings is 1. The summed E-state index contributed by atoms with van der Waals surface area (Å²) in [6.45, 7) is 1.76. The lowest BCUT2D eigenvalue weighted by Crippen LogP contribution is -2.17. The second kappa shape index (κ2) is 6.03. The van der Waals surface area contributed by atoms with Gasteiger partial charge in [0.05, 0.1) is 22.1 Å². The summed E-state index contributed by atoms with van der Waals surface area (Å²) in [6.07, 6.45) is 2.31. The van der Waals surface area contributed by atoms with Crippen LogP contribution < -0.4 is 5.56 Å². The topological polar surface area (TPSA) is 109 Å². The molecular weight excluding hydrogens is 340 g/mol. The molecule has 0 fully saturated rings. The molecule has 1 aromatic carbocycles. The van der Waals surface area contributed by atoms with Crippen LogP contribution in [0.2, 0.25) is 0 Å². The van der Waals surface area contributed by atoms with Crippen LogP contribution in [0.5, 0.6) is 0 Å². The minimum Gasteiger partial charge on any atom is -0.293 e. The minimum absolute atomic E-state index is 0.0832. The van der Waals surface area contributed by atoms with Crippen molar-refractivity contribution in [3.8, 4) is 23.0 Å². The molecule has 0 aliphatic carbocycles. The highest BCUT2D eigenvalue weighted by atomic mass is 32.2. The Kier molecular flexibility index (Phi) is 4.02. The Labute approximate surface area is 144 Å². The van der Waals surface area contributed by atoms with Gasteiger partial charge in [-0.1, -0.05) is 12.1 Å². The lowest BCUT2D eigenvalue weighted by molar-refractivity contribution is 0.601. The summed E-state index contributed by atoms with van der Waals surface area (Å²) >= 11 is 0. The molecule has 0 amide bonds. The summed E-state index contributed by atoms with van der Waals surface area (Å²) in [5, 5.41) is 11.8. The molecule has 126 valence electrons. The van der Waals surface area contributed by atoms with Crippen molar-refractivity contribution in [2.24, 2.45) is 0 Å². The highest BCUT2D eigenvalue weighted by molar-refractivity contribution is 7.90. The first-order valence-electron chi connectivity index (χ1n) is 7.30. The van der Waals surface area contributed by atoms with Crippen molar-refractivity contribution in [1.82, 2.24) is 14.8 Å². The van der Waals surface area contributed by atoms with Gasteiger partial charge in [0.1, 0.15) is 0 Å². The van der Waals surface area contributed by atoms with Gasteiger partial charge in [-0.15, -0.1) is 0 Å². The fourth-order valence-corrected chi connectivity index (χ4v) is 3.04. The van der Waals surface area contributed by atoms with E-state index in [1.54, 1.807) is 31.2 Å². The maximum atomic E-state index is 12.7. The Hall–Kier alpha value is -3.18. The van der Waals surface area contributed by atoms with Crippen LogP contribution in [-0.4, -0.2) is 29.4 Å². The quantitative estimate of drug-likeness (QED) is 0.771. The van der Waals surface area contributed by atoms with Gasteiger partial charge in [0, 0.05) is 18.1 Å². The van der Waals surface area contributed by atoms with Crippen LogP contribution in [0, 0.1) is 18.3 Å². The van der Waals surface area contributed by atoms with E-state index in [2.05, 4.69) is 10.1 Å². The number of hydrogen-bond acceptors (Lipinski definition) is 5. The highest BCUT2D eigenvalue weighted by Crippen LogP contribution is 2.20. The van der Waals surface area contributed by atoms with E-state index in [1.807, 2.05) is 6.07 Å². The third-order valence-corrected chi connectivity index (χ3v) is 4.85. The first-order valence-corrected chi connectivity index (χ1v) is 9.19. The van der Waals surface area contributed by atoms with Crippen LogP contribution in [0.4, 0.5) is 0 Å². The van der Waals surface area contributed by atoms with Crippen molar-refractivity contribution < 1.29 is 8.42 Å². The summed E-state index contributed by atoms with van der Waals surface area (Å²) in [5.41, 5.74) is 2.00. The average molecular weight is 354 g/mol. The Bertz CT molecular complexity index is 1130. The van der Waals surface area contributed by atoms with Crippen LogP contribution in [-0.2, 0) is 9.84 Å². The number of aromatic amines is 1. The third-order valence-electron chi connectivity index (χ3n) is 3.75. The summed E-state index contributed by atoms with van der Waals surface area (Å²) in [5.74, 6) is 0.292. The highest BCUT2D eigenvalue weighted by Gasteiger charge is 2.16. The van der Waals surface area contributed by atoms with Crippen LogP contribution in [0.1, 0.15) is 11.3 Å². The Balaban J connectivity index is 2.08. The smallest absolute Gasteiger partial charge is 0.280 e. The van der Waals surface area contributed by atoms with E-state index >= 15 is 0 Å². The van der Waals surface area contributed by atoms with Crippen molar-refractivity contribution in [3.05, 3.63) is 64.2 Å². The molecule has 0 aliphatic heterocycles. The van der Waals surface area contributed by atoms with Gasteiger partial charge in [-0.3, -0.25) is 9.89 Å². The van der Waals surface area contributed by atoms with Gasteiger partial charge in [0.15, 0.2) is 15.7 Å². The number of aromatic nitrogens is 3. The number of hydrogen-bond donors (Lipinski definition) is 1. The van der Waals surface area contributed by atoms with E-state index in [-0.39, 0.29) is 10.5 Å². The number of sulfone groups is 1. The Morgan fingerprint density at radius 1 is 1.16 bits per heavy atom. The zero-order valence-corrected chi connectivity index (χ0v) is 14.3. The fraction of sp³-hybridized carbons (Fsp3) is 0.118. The van der Waals surface area contributed by atoms with Gasteiger partial charge in [-0.2, -0.15) is 5.26 Å². The molecule has 0 aliphatic rings. The minimum atomic E-state index is -3.35. The first-order chi connectivity index (χ1) is 11.8. The largest absolute Gasteiger partial charge is 0.293 e. The van der Waals surface area contributed by atoms with E-state index in [9.17, 15) is 13.2 Å². The van der Waals surface area contributed by atoms with Crippen LogP contribution in [0.3, 0.4) is 0 Å². The molecule has 0 saturated heterocycles. The maximum Gasteiger partial charge on any atom is 0.280 e. The molecule has 2 heterocycles. The molecule has 7 nitrogen and oxygen atoms in total. The van der Waals surface area contributed by atoms with Crippen LogP contribution in [0.25, 0.3) is 16.9 Å². The van der Waals surface area contributed by atoms with Gasteiger partial charge in [0.25, 0.3) is 5.56 Å². The molecule has 0 bridgehead atoms. The number of nitriles is 1. The molecule has 1 N–H and O–H groups in total. The molecule has 0 atom stereocenters. The second-order valence-electron chi connectivity index (χ2n) is 5.57. The standard InChI is InChI=1S/C17H14N4O3S/c1-11-16(13-5-3-12(9-18)4-6-13)17(22)21(20-11)15-8-7-14(10-19-15)25(2,23)24/h3-8,10,20H,1-2H3. The monoisotopic (exact) mass is 354 g/mol. The maximum absolute atomic E-state index is 12.7. The number of H-pyrrole nitrogens is 1. The lowest BCUT2D eigenvalue weighted by atomic mass is 10.1. The summed E-state index contributed by atoms with van der Waals surface area (Å²) < 4.78 is 24.3. The first kappa shape index (κ1) is 16.7. The van der Waals surface area contributed by atoms with Crippen molar-refractivity contribution in [2.75, 3.05) is 6.26 Å². The number of rotatable bonds is 3. The fourth-order valence-electron chi connectivity index (χ4n) is 2.48. The normalized spacial score (nSPS) is 11.2. The summed E-state index contributed by atoms with van der Waals surface area (Å²) in [6, 6.07) is 11.6. The lowest BCUT2D eigenvalue weighted by Gasteiger charge is -2.02. The molecule has 0 unspecified atom stereocenters. The number of benzene rings is 1. The predicted octanol–water partition coefficient (Wildman–Crippen LogP) is 1.81. The van der Waals surface area contributed by atoms with Gasteiger partial charge in [-0.25, -0.2) is 18.1 Å². The predicted molar refractivity (Wildman–Crippen MR) is 92.2 cm³/mol. The van der Waals surface area contributed by atoms with E-state index in [4.69, 9.17) is 5.26 Å². The SMILES string of the molecule is Cc1[nH]n(-c2ccc(S(C)(=O)=O)cn2)c(=O)c1-c1ccc(C#N)cc1. The zero-order valence-electron chi connectivity index (χ0n) is 13.5. The molecule has 3 aromatic rings. The van der Waals surface area contributed by atoms with E-state index < -0.39 is 9.84 Å². The molecule has 25 heavy (non-hydrogen) atoms. The van der Waals surface area contributed by atoms with Crippen LogP contribution in [0.15, 0.2) is 52.3 Å². The Morgan fingerprint density at radius 3 is 2.36 bits per heavy atom. The van der Waals surface area contributed by atoms with Gasteiger partial charge in [0.2, 0.25) is 0 Å².